The Morgan fingerprint density at radius 2 is 2.19 bits per heavy atom. The fourth-order valence-corrected chi connectivity index (χ4v) is 4.08. The molecule has 3 N–H and O–H groups in total. The highest BCUT2D eigenvalue weighted by molar-refractivity contribution is 7.89. The van der Waals surface area contributed by atoms with Crippen LogP contribution in [-0.4, -0.2) is 40.0 Å². The Morgan fingerprint density at radius 1 is 1.48 bits per heavy atom. The highest BCUT2D eigenvalue weighted by atomic mass is 35.5. The normalized spacial score (nSPS) is 22.4. The van der Waals surface area contributed by atoms with Crippen LogP contribution in [0.4, 0.5) is 0 Å². The van der Waals surface area contributed by atoms with Crippen molar-refractivity contribution in [2.75, 3.05) is 13.6 Å². The Kier molecular flexibility index (Phi) is 6.61. The van der Waals surface area contributed by atoms with Crippen molar-refractivity contribution in [2.45, 2.75) is 36.7 Å². The molecule has 0 saturated carbocycles. The average Bonchev–Trinajstić information content (AvgIpc) is 2.92. The zero-order valence-electron chi connectivity index (χ0n) is 11.9. The van der Waals surface area contributed by atoms with E-state index in [1.54, 1.807) is 0 Å². The van der Waals surface area contributed by atoms with Crippen LogP contribution in [0.3, 0.4) is 0 Å². The highest BCUT2D eigenvalue weighted by Gasteiger charge is 2.24. The second kappa shape index (κ2) is 7.55. The molecule has 1 amide bonds. The lowest BCUT2D eigenvalue weighted by molar-refractivity contribution is 0.0924. The monoisotopic (exact) mass is 353 g/mol. The van der Waals surface area contributed by atoms with Gasteiger partial charge in [-0.25, -0.2) is 13.1 Å². The Labute approximate surface area is 135 Å². The van der Waals surface area contributed by atoms with E-state index in [1.165, 1.54) is 18.5 Å². The Hall–Kier alpha value is -0.670. The molecule has 1 aromatic heterocycles. The number of rotatable bonds is 4. The fraction of sp³-hybridized carbons (Fsp3) is 0.583. The van der Waals surface area contributed by atoms with Gasteiger partial charge in [0.05, 0.1) is 9.77 Å². The third-order valence-electron chi connectivity index (χ3n) is 3.46. The van der Waals surface area contributed by atoms with Gasteiger partial charge in [-0.15, -0.1) is 23.7 Å². The maximum Gasteiger partial charge on any atom is 0.261 e. The van der Waals surface area contributed by atoms with Crippen LogP contribution < -0.4 is 15.4 Å². The summed E-state index contributed by atoms with van der Waals surface area (Å²) < 4.78 is 25.5. The molecule has 0 bridgehead atoms. The van der Waals surface area contributed by atoms with E-state index >= 15 is 0 Å². The molecule has 1 aromatic rings. The van der Waals surface area contributed by atoms with Crippen LogP contribution in [-0.2, 0) is 10.0 Å². The first kappa shape index (κ1) is 18.4. The van der Waals surface area contributed by atoms with Gasteiger partial charge in [0, 0.05) is 17.5 Å². The maximum atomic E-state index is 12.1. The minimum Gasteiger partial charge on any atom is -0.347 e. The van der Waals surface area contributed by atoms with Crippen LogP contribution in [0, 0.1) is 0 Å². The van der Waals surface area contributed by atoms with Crippen LogP contribution in [0.5, 0.6) is 0 Å². The Bertz CT molecular complexity index is 588. The minimum absolute atomic E-state index is 0. The molecule has 120 valence electrons. The number of hydrogen-bond acceptors (Lipinski definition) is 5. The minimum atomic E-state index is -3.49. The molecular formula is C12H20ClN3O3S2. The summed E-state index contributed by atoms with van der Waals surface area (Å²) in [6, 6.07) is 1.73. The van der Waals surface area contributed by atoms with Crippen molar-refractivity contribution < 1.29 is 13.2 Å². The van der Waals surface area contributed by atoms with Gasteiger partial charge in [-0.05, 0) is 39.4 Å². The zero-order valence-corrected chi connectivity index (χ0v) is 14.3. The van der Waals surface area contributed by atoms with E-state index in [1.807, 2.05) is 6.92 Å². The summed E-state index contributed by atoms with van der Waals surface area (Å²) in [6.07, 6.45) is 1.96. The first-order valence-electron chi connectivity index (χ1n) is 6.50. The summed E-state index contributed by atoms with van der Waals surface area (Å²) in [5.41, 5.74) is 0. The van der Waals surface area contributed by atoms with Crippen LogP contribution in [0.25, 0.3) is 0 Å². The van der Waals surface area contributed by atoms with Gasteiger partial charge in [0.15, 0.2) is 0 Å². The Morgan fingerprint density at radius 3 is 2.81 bits per heavy atom. The smallest absolute Gasteiger partial charge is 0.261 e. The third kappa shape index (κ3) is 4.40. The van der Waals surface area contributed by atoms with Gasteiger partial charge in [0.2, 0.25) is 10.0 Å². The standard InChI is InChI=1S/C12H19N3O3S2.ClH/c1-8-10(4-3-5-14-8)15-12(16)11-6-9(7-19-11)20(17,18)13-2;/h6-8,10,13-14H,3-5H2,1-2H3,(H,15,16);1H. The van der Waals surface area contributed by atoms with Crippen LogP contribution >= 0.6 is 23.7 Å². The van der Waals surface area contributed by atoms with Gasteiger partial charge >= 0.3 is 0 Å². The van der Waals surface area contributed by atoms with E-state index in [0.717, 1.165) is 30.7 Å². The molecule has 0 radical (unpaired) electrons. The van der Waals surface area contributed by atoms with Gasteiger partial charge in [-0.2, -0.15) is 0 Å². The van der Waals surface area contributed by atoms with Gasteiger partial charge < -0.3 is 10.6 Å². The molecule has 1 fully saturated rings. The number of piperidine rings is 1. The topological polar surface area (TPSA) is 87.3 Å². The van der Waals surface area contributed by atoms with Gasteiger partial charge in [-0.1, -0.05) is 0 Å². The number of nitrogens with one attached hydrogen (secondary N) is 3. The molecule has 2 atom stereocenters. The van der Waals surface area contributed by atoms with Crippen molar-refractivity contribution in [1.29, 1.82) is 0 Å². The quantitative estimate of drug-likeness (QED) is 0.752. The van der Waals surface area contributed by atoms with Crippen molar-refractivity contribution >= 4 is 39.7 Å². The summed E-state index contributed by atoms with van der Waals surface area (Å²) in [6.45, 7) is 3.01. The van der Waals surface area contributed by atoms with Crippen molar-refractivity contribution in [3.05, 3.63) is 16.3 Å². The SMILES string of the molecule is CNS(=O)(=O)c1csc(C(=O)NC2CCCNC2C)c1.Cl. The molecule has 0 aliphatic carbocycles. The molecule has 2 unspecified atom stereocenters. The number of halogens is 1. The fourth-order valence-electron chi connectivity index (χ4n) is 2.18. The number of amides is 1. The van der Waals surface area contributed by atoms with Crippen molar-refractivity contribution in [2.24, 2.45) is 0 Å². The molecule has 21 heavy (non-hydrogen) atoms. The number of carbonyl (C=O) groups is 1. The van der Waals surface area contributed by atoms with Crippen molar-refractivity contribution in [3.63, 3.8) is 0 Å². The molecule has 1 aliphatic rings. The van der Waals surface area contributed by atoms with E-state index in [9.17, 15) is 13.2 Å². The summed E-state index contributed by atoms with van der Waals surface area (Å²) in [5.74, 6) is -0.215. The second-order valence-corrected chi connectivity index (χ2v) is 7.62. The van der Waals surface area contributed by atoms with Crippen LogP contribution in [0.1, 0.15) is 29.4 Å². The van der Waals surface area contributed by atoms with Gasteiger partial charge in [-0.3, -0.25) is 4.79 Å². The van der Waals surface area contributed by atoms with Crippen LogP contribution in [0.2, 0.25) is 0 Å². The van der Waals surface area contributed by atoms with E-state index in [0.29, 0.717) is 4.88 Å². The maximum absolute atomic E-state index is 12.1. The molecule has 2 rings (SSSR count). The molecule has 1 aliphatic heterocycles. The summed E-state index contributed by atoms with van der Waals surface area (Å²) in [4.78, 5) is 12.7. The first-order chi connectivity index (χ1) is 9.44. The lowest BCUT2D eigenvalue weighted by Gasteiger charge is -2.30. The Balaban J connectivity index is 0.00000220. The zero-order chi connectivity index (χ0) is 14.8. The number of sulfonamides is 1. The molecule has 0 spiro atoms. The van der Waals surface area contributed by atoms with Gasteiger partial charge in [0.25, 0.3) is 5.91 Å². The summed E-state index contributed by atoms with van der Waals surface area (Å²) in [5, 5.41) is 7.75. The predicted molar refractivity (Wildman–Crippen MR) is 85.8 cm³/mol. The summed E-state index contributed by atoms with van der Waals surface area (Å²) >= 11 is 1.14. The number of carbonyl (C=O) groups excluding carboxylic acids is 1. The molecular weight excluding hydrogens is 334 g/mol. The largest absolute Gasteiger partial charge is 0.347 e. The molecule has 1 saturated heterocycles. The van der Waals surface area contributed by atoms with Crippen molar-refractivity contribution in [1.82, 2.24) is 15.4 Å². The lowest BCUT2D eigenvalue weighted by Crippen LogP contribution is -2.51. The number of hydrogen-bond donors (Lipinski definition) is 3. The average molecular weight is 354 g/mol. The van der Waals surface area contributed by atoms with E-state index in [2.05, 4.69) is 15.4 Å². The third-order valence-corrected chi connectivity index (χ3v) is 5.93. The molecule has 0 aromatic carbocycles. The predicted octanol–water partition coefficient (Wildman–Crippen LogP) is 0.948. The summed E-state index contributed by atoms with van der Waals surface area (Å²) in [7, 11) is -2.14. The van der Waals surface area contributed by atoms with E-state index in [4.69, 9.17) is 0 Å². The van der Waals surface area contributed by atoms with E-state index < -0.39 is 10.0 Å². The first-order valence-corrected chi connectivity index (χ1v) is 8.86. The number of thiophene rings is 1. The molecule has 6 nitrogen and oxygen atoms in total. The van der Waals surface area contributed by atoms with Crippen molar-refractivity contribution in [3.8, 4) is 0 Å². The molecule has 2 heterocycles. The lowest BCUT2D eigenvalue weighted by atomic mass is 10.00. The van der Waals surface area contributed by atoms with Crippen LogP contribution in [0.15, 0.2) is 16.3 Å². The second-order valence-electron chi connectivity index (χ2n) is 4.82. The highest BCUT2D eigenvalue weighted by Crippen LogP contribution is 2.19. The van der Waals surface area contributed by atoms with Gasteiger partial charge in [0.1, 0.15) is 0 Å². The van der Waals surface area contributed by atoms with E-state index in [-0.39, 0.29) is 35.3 Å². The molecule has 9 heteroatoms.